The van der Waals surface area contributed by atoms with Gasteiger partial charge in [0, 0.05) is 23.6 Å². The summed E-state index contributed by atoms with van der Waals surface area (Å²) < 4.78 is 0. The number of nitrogens with zero attached hydrogens (tertiary/aromatic N) is 1. The van der Waals surface area contributed by atoms with E-state index in [1.807, 2.05) is 60.7 Å². The molecule has 0 aliphatic carbocycles. The minimum absolute atomic E-state index is 0.136. The monoisotopic (exact) mass is 247 g/mol. The second-order valence-corrected chi connectivity index (χ2v) is 4.50. The molecule has 0 spiro atoms. The zero-order valence-electron chi connectivity index (χ0n) is 10.4. The molecule has 0 bridgehead atoms. The number of Topliss-reactive ketones (excluding diaryl/α,β-unsaturated/α-hetero) is 1. The van der Waals surface area contributed by atoms with Gasteiger partial charge in [0.1, 0.15) is 0 Å². The van der Waals surface area contributed by atoms with E-state index in [1.165, 1.54) is 0 Å². The van der Waals surface area contributed by atoms with Crippen LogP contribution in [0.4, 0.5) is 0 Å². The van der Waals surface area contributed by atoms with E-state index >= 15 is 0 Å². The van der Waals surface area contributed by atoms with Gasteiger partial charge < -0.3 is 0 Å². The fourth-order valence-corrected chi connectivity index (χ4v) is 2.13. The first-order chi connectivity index (χ1) is 9.33. The van der Waals surface area contributed by atoms with Gasteiger partial charge in [0.2, 0.25) is 0 Å². The zero-order chi connectivity index (χ0) is 13.1. The van der Waals surface area contributed by atoms with E-state index in [0.29, 0.717) is 6.42 Å². The van der Waals surface area contributed by atoms with Crippen LogP contribution < -0.4 is 0 Å². The Labute approximate surface area is 111 Å². The first-order valence-electron chi connectivity index (χ1n) is 6.25. The van der Waals surface area contributed by atoms with Gasteiger partial charge >= 0.3 is 0 Å². The van der Waals surface area contributed by atoms with Crippen molar-refractivity contribution in [3.63, 3.8) is 0 Å². The lowest BCUT2D eigenvalue weighted by Gasteiger charge is -2.03. The molecule has 0 fully saturated rings. The number of benzene rings is 2. The van der Waals surface area contributed by atoms with Gasteiger partial charge in [0.25, 0.3) is 0 Å². The van der Waals surface area contributed by atoms with Gasteiger partial charge in [-0.3, -0.25) is 9.78 Å². The molecule has 0 amide bonds. The average Bonchev–Trinajstić information content (AvgIpc) is 2.48. The third-order valence-electron chi connectivity index (χ3n) is 3.13. The highest BCUT2D eigenvalue weighted by Crippen LogP contribution is 2.15. The van der Waals surface area contributed by atoms with Crippen molar-refractivity contribution >= 4 is 16.7 Å². The number of aromatic nitrogens is 1. The lowest BCUT2D eigenvalue weighted by atomic mass is 10.0. The molecule has 0 unspecified atom stereocenters. The number of hydrogen-bond donors (Lipinski definition) is 0. The maximum atomic E-state index is 12.2. The van der Waals surface area contributed by atoms with Crippen LogP contribution in [0.2, 0.25) is 0 Å². The highest BCUT2D eigenvalue weighted by Gasteiger charge is 2.07. The summed E-state index contributed by atoms with van der Waals surface area (Å²) in [4.78, 5) is 16.5. The third kappa shape index (κ3) is 2.52. The Balaban J connectivity index is 1.89. The Hall–Kier alpha value is -2.48. The Morgan fingerprint density at radius 2 is 1.79 bits per heavy atom. The van der Waals surface area contributed by atoms with Crippen molar-refractivity contribution < 1.29 is 4.79 Å². The molecule has 1 heterocycles. The van der Waals surface area contributed by atoms with Crippen LogP contribution in [0.15, 0.2) is 66.9 Å². The van der Waals surface area contributed by atoms with E-state index in [9.17, 15) is 4.79 Å². The minimum atomic E-state index is 0.136. The Bertz CT molecular complexity index is 719. The molecule has 0 aliphatic heterocycles. The van der Waals surface area contributed by atoms with Gasteiger partial charge in [-0.2, -0.15) is 0 Å². The zero-order valence-corrected chi connectivity index (χ0v) is 10.4. The molecule has 0 atom stereocenters. The third-order valence-corrected chi connectivity index (χ3v) is 3.13. The highest BCUT2D eigenvalue weighted by molar-refractivity contribution is 6.00. The maximum Gasteiger partial charge on any atom is 0.167 e. The first kappa shape index (κ1) is 11.6. The molecule has 2 heteroatoms. The van der Waals surface area contributed by atoms with Gasteiger partial charge in [-0.15, -0.1) is 0 Å². The molecular weight excluding hydrogens is 234 g/mol. The lowest BCUT2D eigenvalue weighted by molar-refractivity contribution is 0.0993. The lowest BCUT2D eigenvalue weighted by Crippen LogP contribution is -2.03. The predicted octanol–water partition coefficient (Wildman–Crippen LogP) is 3.66. The van der Waals surface area contributed by atoms with Gasteiger partial charge in [-0.25, -0.2) is 0 Å². The van der Waals surface area contributed by atoms with Crippen LogP contribution in [-0.2, 0) is 6.42 Å². The van der Waals surface area contributed by atoms with Crippen LogP contribution >= 0.6 is 0 Å². The average molecular weight is 247 g/mol. The topological polar surface area (TPSA) is 30.0 Å². The summed E-state index contributed by atoms with van der Waals surface area (Å²) in [5.41, 5.74) is 2.70. The fraction of sp³-hybridized carbons (Fsp3) is 0.0588. The summed E-state index contributed by atoms with van der Waals surface area (Å²) in [6.07, 6.45) is 2.19. The molecule has 92 valence electrons. The van der Waals surface area contributed by atoms with Crippen LogP contribution in [0.5, 0.6) is 0 Å². The summed E-state index contributed by atoms with van der Waals surface area (Å²) in [7, 11) is 0. The van der Waals surface area contributed by atoms with Gasteiger partial charge in [-0.1, -0.05) is 36.4 Å². The Kier molecular flexibility index (Phi) is 3.07. The molecule has 1 aromatic heterocycles. The normalized spacial score (nSPS) is 10.5. The van der Waals surface area contributed by atoms with E-state index in [4.69, 9.17) is 0 Å². The number of rotatable bonds is 3. The number of fused-ring (bicyclic) bond motifs is 1. The molecule has 0 saturated carbocycles. The van der Waals surface area contributed by atoms with E-state index in [2.05, 4.69) is 4.98 Å². The molecule has 19 heavy (non-hydrogen) atoms. The van der Waals surface area contributed by atoms with E-state index in [0.717, 1.165) is 22.0 Å². The van der Waals surface area contributed by atoms with Crippen molar-refractivity contribution in [2.45, 2.75) is 6.42 Å². The van der Waals surface area contributed by atoms with Crippen molar-refractivity contribution in [2.24, 2.45) is 0 Å². The van der Waals surface area contributed by atoms with Crippen molar-refractivity contribution in [1.82, 2.24) is 4.98 Å². The molecule has 0 saturated heterocycles. The molecule has 0 aliphatic rings. The Morgan fingerprint density at radius 3 is 2.63 bits per heavy atom. The number of carbonyl (C=O) groups excluding carboxylic acids is 1. The standard InChI is InChI=1S/C17H13NO/c19-17(11-13-5-2-1-3-6-13)15-8-9-16-14(12-15)7-4-10-18-16/h1-10,12H,11H2. The number of pyridine rings is 1. The number of ketones is 1. The molecule has 0 radical (unpaired) electrons. The van der Waals surface area contributed by atoms with Gasteiger partial charge in [0.05, 0.1) is 5.52 Å². The van der Waals surface area contributed by atoms with Crippen molar-refractivity contribution in [1.29, 1.82) is 0 Å². The van der Waals surface area contributed by atoms with Gasteiger partial charge in [0.15, 0.2) is 5.78 Å². The predicted molar refractivity (Wildman–Crippen MR) is 76.2 cm³/mol. The van der Waals surface area contributed by atoms with Crippen LogP contribution in [-0.4, -0.2) is 10.8 Å². The summed E-state index contributed by atoms with van der Waals surface area (Å²) >= 11 is 0. The maximum absolute atomic E-state index is 12.2. The quantitative estimate of drug-likeness (QED) is 0.661. The van der Waals surface area contributed by atoms with Crippen molar-refractivity contribution in [3.8, 4) is 0 Å². The van der Waals surface area contributed by atoms with Crippen molar-refractivity contribution in [3.05, 3.63) is 78.0 Å². The summed E-state index contributed by atoms with van der Waals surface area (Å²) in [6.45, 7) is 0. The van der Waals surface area contributed by atoms with Crippen LogP contribution in [0.25, 0.3) is 10.9 Å². The van der Waals surface area contributed by atoms with E-state index in [1.54, 1.807) is 6.20 Å². The second-order valence-electron chi connectivity index (χ2n) is 4.50. The second kappa shape index (κ2) is 5.02. The molecule has 3 rings (SSSR count). The number of carbonyl (C=O) groups is 1. The summed E-state index contributed by atoms with van der Waals surface area (Å²) in [5, 5.41) is 1.00. The van der Waals surface area contributed by atoms with Crippen molar-refractivity contribution in [2.75, 3.05) is 0 Å². The van der Waals surface area contributed by atoms with Crippen LogP contribution in [0.1, 0.15) is 15.9 Å². The SMILES string of the molecule is O=C(Cc1ccccc1)c1ccc2ncccc2c1. The van der Waals surface area contributed by atoms with Crippen LogP contribution in [0.3, 0.4) is 0 Å². The molecule has 2 aromatic carbocycles. The fourth-order valence-electron chi connectivity index (χ4n) is 2.13. The first-order valence-corrected chi connectivity index (χ1v) is 6.25. The molecule has 3 aromatic rings. The Morgan fingerprint density at radius 1 is 0.947 bits per heavy atom. The number of hydrogen-bond acceptors (Lipinski definition) is 2. The smallest absolute Gasteiger partial charge is 0.167 e. The molecular formula is C17H13NO. The largest absolute Gasteiger partial charge is 0.294 e. The van der Waals surface area contributed by atoms with E-state index < -0.39 is 0 Å². The summed E-state index contributed by atoms with van der Waals surface area (Å²) in [6, 6.07) is 19.3. The van der Waals surface area contributed by atoms with E-state index in [-0.39, 0.29) is 5.78 Å². The highest BCUT2D eigenvalue weighted by atomic mass is 16.1. The molecule has 2 nitrogen and oxygen atoms in total. The minimum Gasteiger partial charge on any atom is -0.294 e. The summed E-state index contributed by atoms with van der Waals surface area (Å²) in [5.74, 6) is 0.136. The van der Waals surface area contributed by atoms with Crippen LogP contribution in [0, 0.1) is 0 Å². The van der Waals surface area contributed by atoms with Gasteiger partial charge in [-0.05, 0) is 29.8 Å². The molecule has 0 N–H and O–H groups in total.